The summed E-state index contributed by atoms with van der Waals surface area (Å²) < 4.78 is 0. The van der Waals surface area contributed by atoms with Crippen LogP contribution in [0.5, 0.6) is 0 Å². The summed E-state index contributed by atoms with van der Waals surface area (Å²) in [5.74, 6) is -0.102. The van der Waals surface area contributed by atoms with E-state index in [1.165, 1.54) is 11.3 Å². The number of carbonyl (C=O) groups is 2. The fourth-order valence-electron chi connectivity index (χ4n) is 2.88. The largest absolute Gasteiger partial charge is 0.352 e. The zero-order valence-electron chi connectivity index (χ0n) is 14.6. The molecule has 2 rings (SSSR count). The van der Waals surface area contributed by atoms with Gasteiger partial charge in [-0.05, 0) is 45.6 Å². The highest BCUT2D eigenvalue weighted by Gasteiger charge is 2.39. The Kier molecular flexibility index (Phi) is 7.01. The molecule has 134 valence electrons. The molecule has 0 bridgehead atoms. The fraction of sp³-hybridized carbons (Fsp3) is 0.529. The van der Waals surface area contributed by atoms with Gasteiger partial charge in [0.1, 0.15) is 0 Å². The van der Waals surface area contributed by atoms with Crippen LogP contribution in [-0.4, -0.2) is 36.0 Å². The lowest BCUT2D eigenvalue weighted by Gasteiger charge is -2.27. The molecule has 0 radical (unpaired) electrons. The summed E-state index contributed by atoms with van der Waals surface area (Å²) in [4.78, 5) is 24.8. The normalized spacial score (nSPS) is 17.6. The summed E-state index contributed by atoms with van der Waals surface area (Å²) in [5.41, 5.74) is 0.261. The highest BCUT2D eigenvalue weighted by molar-refractivity contribution is 7.12. The highest BCUT2D eigenvalue weighted by atomic mass is 35.5. The minimum Gasteiger partial charge on any atom is -0.352 e. The third kappa shape index (κ3) is 5.33. The molecule has 0 saturated heterocycles. The summed E-state index contributed by atoms with van der Waals surface area (Å²) in [7, 11) is 0. The molecule has 7 heteroatoms. The van der Waals surface area contributed by atoms with Gasteiger partial charge in [0.25, 0.3) is 5.91 Å². The summed E-state index contributed by atoms with van der Waals surface area (Å²) in [6.45, 7) is 9.20. The zero-order valence-corrected chi connectivity index (χ0v) is 16.2. The van der Waals surface area contributed by atoms with Crippen molar-refractivity contribution in [1.82, 2.24) is 16.0 Å². The van der Waals surface area contributed by atoms with E-state index in [-0.39, 0.29) is 35.3 Å². The van der Waals surface area contributed by atoms with Gasteiger partial charge >= 0.3 is 0 Å². The topological polar surface area (TPSA) is 70.2 Å². The number of hydrogen-bond donors (Lipinski definition) is 3. The number of hydrogen-bond acceptors (Lipinski definition) is 4. The average molecular weight is 372 g/mol. The Hall–Kier alpha value is -1.37. The van der Waals surface area contributed by atoms with E-state index in [0.29, 0.717) is 24.4 Å². The fourth-order valence-corrected chi connectivity index (χ4v) is 3.52. The Morgan fingerprint density at radius 1 is 1.12 bits per heavy atom. The summed E-state index contributed by atoms with van der Waals surface area (Å²) in [6, 6.07) is 3.65. The molecule has 2 heterocycles. The standard InChI is InChI=1S/C17H25N3O2S.ClH/c1-16(2)11-12(17(3,4)20-16)14(21)18-8-6-9-19-15(22)13-7-5-10-23-13;/h5,7,10-11,20H,6,8-9H2,1-4H3,(H,18,21)(H,19,22);1H. The van der Waals surface area contributed by atoms with Crippen molar-refractivity contribution in [2.75, 3.05) is 13.1 Å². The SMILES string of the molecule is CC1(C)C=C(C(=O)NCCCNC(=O)c2cccs2)C(C)(C)N1.Cl. The maximum atomic E-state index is 12.3. The summed E-state index contributed by atoms with van der Waals surface area (Å²) in [5, 5.41) is 11.1. The molecule has 24 heavy (non-hydrogen) atoms. The summed E-state index contributed by atoms with van der Waals surface area (Å²) in [6.07, 6.45) is 2.69. The second-order valence-electron chi connectivity index (χ2n) is 6.87. The van der Waals surface area contributed by atoms with Crippen LogP contribution < -0.4 is 16.0 Å². The predicted octanol–water partition coefficient (Wildman–Crippen LogP) is 2.49. The molecule has 0 saturated carbocycles. The number of halogens is 1. The molecule has 0 aromatic carbocycles. The first kappa shape index (κ1) is 20.7. The van der Waals surface area contributed by atoms with Gasteiger partial charge < -0.3 is 10.6 Å². The van der Waals surface area contributed by atoms with E-state index in [2.05, 4.69) is 29.8 Å². The van der Waals surface area contributed by atoms with Crippen molar-refractivity contribution in [2.24, 2.45) is 0 Å². The monoisotopic (exact) mass is 371 g/mol. The molecule has 1 aromatic heterocycles. The Morgan fingerprint density at radius 3 is 2.25 bits per heavy atom. The van der Waals surface area contributed by atoms with Crippen molar-refractivity contribution < 1.29 is 9.59 Å². The lowest BCUT2D eigenvalue weighted by atomic mass is 9.96. The van der Waals surface area contributed by atoms with E-state index in [1.807, 2.05) is 31.4 Å². The first-order valence-corrected chi connectivity index (χ1v) is 8.72. The minimum atomic E-state index is -0.332. The number of amides is 2. The van der Waals surface area contributed by atoms with Gasteiger partial charge in [-0.25, -0.2) is 0 Å². The molecule has 1 aliphatic rings. The van der Waals surface area contributed by atoms with Crippen molar-refractivity contribution in [2.45, 2.75) is 45.2 Å². The molecule has 0 aliphatic carbocycles. The molecular weight excluding hydrogens is 346 g/mol. The van der Waals surface area contributed by atoms with E-state index in [0.717, 1.165) is 5.57 Å². The van der Waals surface area contributed by atoms with Gasteiger partial charge in [-0.3, -0.25) is 14.9 Å². The van der Waals surface area contributed by atoms with Crippen LogP contribution in [0, 0.1) is 0 Å². The van der Waals surface area contributed by atoms with E-state index >= 15 is 0 Å². The van der Waals surface area contributed by atoms with Crippen LogP contribution in [0.2, 0.25) is 0 Å². The zero-order chi connectivity index (χ0) is 17.1. The van der Waals surface area contributed by atoms with E-state index < -0.39 is 0 Å². The first-order valence-electron chi connectivity index (χ1n) is 7.84. The van der Waals surface area contributed by atoms with Crippen LogP contribution in [0.4, 0.5) is 0 Å². The third-order valence-corrected chi connectivity index (χ3v) is 4.60. The first-order chi connectivity index (χ1) is 10.7. The quantitative estimate of drug-likeness (QED) is 0.673. The van der Waals surface area contributed by atoms with E-state index in [4.69, 9.17) is 0 Å². The van der Waals surface area contributed by atoms with Crippen molar-refractivity contribution >= 4 is 35.6 Å². The second-order valence-corrected chi connectivity index (χ2v) is 7.82. The highest BCUT2D eigenvalue weighted by Crippen LogP contribution is 2.29. The molecule has 5 nitrogen and oxygen atoms in total. The molecule has 2 amide bonds. The molecule has 0 atom stereocenters. The van der Waals surface area contributed by atoms with Crippen LogP contribution in [0.1, 0.15) is 43.8 Å². The van der Waals surface area contributed by atoms with E-state index in [1.54, 1.807) is 6.07 Å². The molecule has 0 spiro atoms. The smallest absolute Gasteiger partial charge is 0.261 e. The van der Waals surface area contributed by atoms with Gasteiger partial charge in [0.2, 0.25) is 5.91 Å². The Morgan fingerprint density at radius 2 is 1.75 bits per heavy atom. The number of nitrogens with one attached hydrogen (secondary N) is 3. The van der Waals surface area contributed by atoms with Gasteiger partial charge in [-0.15, -0.1) is 23.7 Å². The van der Waals surface area contributed by atoms with Crippen LogP contribution >= 0.6 is 23.7 Å². The molecule has 1 aromatic rings. The second kappa shape index (κ2) is 8.14. The lowest BCUT2D eigenvalue weighted by Crippen LogP contribution is -2.47. The van der Waals surface area contributed by atoms with Crippen LogP contribution in [-0.2, 0) is 4.79 Å². The van der Waals surface area contributed by atoms with Gasteiger partial charge in [0.15, 0.2) is 0 Å². The van der Waals surface area contributed by atoms with Crippen LogP contribution in [0.15, 0.2) is 29.2 Å². The van der Waals surface area contributed by atoms with Crippen molar-refractivity contribution in [3.8, 4) is 0 Å². The molecule has 3 N–H and O–H groups in total. The average Bonchev–Trinajstić information content (AvgIpc) is 3.03. The van der Waals surface area contributed by atoms with Crippen LogP contribution in [0.3, 0.4) is 0 Å². The Bertz CT molecular complexity index is 609. The summed E-state index contributed by atoms with van der Waals surface area (Å²) >= 11 is 1.42. The maximum Gasteiger partial charge on any atom is 0.261 e. The van der Waals surface area contributed by atoms with Crippen LogP contribution in [0.25, 0.3) is 0 Å². The Balaban J connectivity index is 0.00000288. The van der Waals surface area contributed by atoms with Gasteiger partial charge in [0.05, 0.1) is 4.88 Å². The predicted molar refractivity (Wildman–Crippen MR) is 101 cm³/mol. The molecule has 0 fully saturated rings. The van der Waals surface area contributed by atoms with Crippen molar-refractivity contribution in [1.29, 1.82) is 0 Å². The van der Waals surface area contributed by atoms with Crippen molar-refractivity contribution in [3.05, 3.63) is 34.0 Å². The molecular formula is C17H26ClN3O2S. The number of carbonyl (C=O) groups excluding carboxylic acids is 2. The number of thiophene rings is 1. The van der Waals surface area contributed by atoms with E-state index in [9.17, 15) is 9.59 Å². The molecule has 1 aliphatic heterocycles. The van der Waals surface area contributed by atoms with Gasteiger partial charge in [-0.2, -0.15) is 0 Å². The maximum absolute atomic E-state index is 12.3. The lowest BCUT2D eigenvalue weighted by molar-refractivity contribution is -0.118. The Labute approximate surface area is 153 Å². The van der Waals surface area contributed by atoms with Gasteiger partial charge in [0, 0.05) is 29.7 Å². The number of rotatable bonds is 6. The van der Waals surface area contributed by atoms with Crippen molar-refractivity contribution in [3.63, 3.8) is 0 Å². The minimum absolute atomic E-state index is 0. The van der Waals surface area contributed by atoms with Gasteiger partial charge in [-0.1, -0.05) is 12.1 Å². The molecule has 0 unspecified atom stereocenters. The third-order valence-electron chi connectivity index (χ3n) is 3.73.